The van der Waals surface area contributed by atoms with Crippen LogP contribution in [-0.2, 0) is 0 Å². The number of hydrogen-bond acceptors (Lipinski definition) is 1. The average molecular weight is 264 g/mol. The Labute approximate surface area is 113 Å². The Kier molecular flexibility index (Phi) is 3.85. The predicted octanol–water partition coefficient (Wildman–Crippen LogP) is 3.51. The van der Waals surface area contributed by atoms with Crippen molar-refractivity contribution in [1.82, 2.24) is 5.32 Å². The average Bonchev–Trinajstić information content (AvgIpc) is 2.27. The highest BCUT2D eigenvalue weighted by atomic mass is 31.2. The second-order valence-electron chi connectivity index (χ2n) is 6.81. The normalized spacial score (nSPS) is 33.4. The molecule has 0 radical (unpaired) electrons. The van der Waals surface area contributed by atoms with Crippen molar-refractivity contribution in [3.63, 3.8) is 0 Å². The van der Waals surface area contributed by atoms with Crippen LogP contribution in [0.3, 0.4) is 0 Å². The zero-order chi connectivity index (χ0) is 13.4. The second kappa shape index (κ2) is 4.94. The van der Waals surface area contributed by atoms with Gasteiger partial charge in [0.1, 0.15) is 0 Å². The minimum atomic E-state index is -1.10. The van der Waals surface area contributed by atoms with E-state index in [4.69, 9.17) is 0 Å². The molecule has 0 aromatic heterocycles. The van der Waals surface area contributed by atoms with Crippen molar-refractivity contribution in [3.8, 4) is 0 Å². The molecule has 1 N–H and O–H groups in total. The number of rotatable bonds is 1. The molecule has 100 valence electrons. The van der Waals surface area contributed by atoms with E-state index in [0.29, 0.717) is 17.2 Å². The molecular formula is C16H27NP+. The predicted molar refractivity (Wildman–Crippen MR) is 84.5 cm³/mol. The van der Waals surface area contributed by atoms with Crippen LogP contribution in [0, 0.1) is 0 Å². The van der Waals surface area contributed by atoms with Crippen LogP contribution in [0.25, 0.3) is 0 Å². The van der Waals surface area contributed by atoms with E-state index >= 15 is 0 Å². The fraction of sp³-hybridized carbons (Fsp3) is 0.625. The zero-order valence-electron chi connectivity index (χ0n) is 12.4. The Balaban J connectivity index is 2.48. The molecule has 1 aliphatic heterocycles. The van der Waals surface area contributed by atoms with Gasteiger partial charge in [0, 0.05) is 12.1 Å². The van der Waals surface area contributed by atoms with Gasteiger partial charge in [0.25, 0.3) is 0 Å². The van der Waals surface area contributed by atoms with E-state index in [1.54, 1.807) is 5.30 Å². The van der Waals surface area contributed by atoms with E-state index in [-0.39, 0.29) is 0 Å². The van der Waals surface area contributed by atoms with E-state index in [9.17, 15) is 0 Å². The SMILES string of the molecule is C[C@H]1C[P+](c2ccccc2)(C(C)(C)C)C[C@H](C)N1. The molecule has 1 aromatic rings. The van der Waals surface area contributed by atoms with Crippen LogP contribution in [0.4, 0.5) is 0 Å². The molecule has 2 heteroatoms. The van der Waals surface area contributed by atoms with Crippen molar-refractivity contribution in [3.05, 3.63) is 30.3 Å². The van der Waals surface area contributed by atoms with Gasteiger partial charge in [-0.25, -0.2) is 0 Å². The molecule has 2 atom stereocenters. The lowest BCUT2D eigenvalue weighted by atomic mass is 10.2. The van der Waals surface area contributed by atoms with Gasteiger partial charge in [-0.2, -0.15) is 0 Å². The molecule has 0 unspecified atom stereocenters. The van der Waals surface area contributed by atoms with Crippen LogP contribution >= 0.6 is 7.26 Å². The van der Waals surface area contributed by atoms with Gasteiger partial charge >= 0.3 is 0 Å². The van der Waals surface area contributed by atoms with Gasteiger partial charge in [0.15, 0.2) is 0 Å². The van der Waals surface area contributed by atoms with Crippen molar-refractivity contribution >= 4 is 12.6 Å². The fourth-order valence-electron chi connectivity index (χ4n) is 3.46. The van der Waals surface area contributed by atoms with Crippen LogP contribution in [-0.4, -0.2) is 29.6 Å². The van der Waals surface area contributed by atoms with Gasteiger partial charge in [-0.15, -0.1) is 0 Å². The largest absolute Gasteiger partial charge is 0.305 e. The summed E-state index contributed by atoms with van der Waals surface area (Å²) < 4.78 is 0. The molecule has 1 saturated heterocycles. The van der Waals surface area contributed by atoms with Gasteiger partial charge in [-0.05, 0) is 46.8 Å². The first kappa shape index (κ1) is 14.0. The third-order valence-corrected chi connectivity index (χ3v) is 10.5. The Morgan fingerprint density at radius 2 is 1.50 bits per heavy atom. The topological polar surface area (TPSA) is 12.0 Å². The number of benzene rings is 1. The lowest BCUT2D eigenvalue weighted by molar-refractivity contribution is 0.497. The summed E-state index contributed by atoms with van der Waals surface area (Å²) in [7, 11) is -1.10. The molecule has 0 spiro atoms. The van der Waals surface area contributed by atoms with Crippen molar-refractivity contribution in [2.24, 2.45) is 0 Å². The minimum absolute atomic E-state index is 0.402. The molecule has 1 aromatic carbocycles. The minimum Gasteiger partial charge on any atom is -0.305 e. The molecule has 0 bridgehead atoms. The molecule has 1 nitrogen and oxygen atoms in total. The van der Waals surface area contributed by atoms with E-state index in [0.717, 1.165) is 0 Å². The molecule has 1 fully saturated rings. The van der Waals surface area contributed by atoms with E-state index in [2.05, 4.69) is 70.3 Å². The fourth-order valence-corrected chi connectivity index (χ4v) is 8.72. The Hall–Kier alpha value is -0.390. The molecule has 1 aliphatic rings. The van der Waals surface area contributed by atoms with Gasteiger partial charge in [-0.1, -0.05) is 18.2 Å². The first-order valence-corrected chi connectivity index (χ1v) is 9.20. The third-order valence-electron chi connectivity index (χ3n) is 4.27. The quantitative estimate of drug-likeness (QED) is 0.765. The van der Waals surface area contributed by atoms with Gasteiger partial charge in [0.2, 0.25) is 0 Å². The molecule has 2 rings (SSSR count). The summed E-state index contributed by atoms with van der Waals surface area (Å²) in [5.74, 6) is 0. The molecule has 0 saturated carbocycles. The van der Waals surface area contributed by atoms with Crippen molar-refractivity contribution in [1.29, 1.82) is 0 Å². The molecule has 18 heavy (non-hydrogen) atoms. The highest BCUT2D eigenvalue weighted by Gasteiger charge is 2.54. The zero-order valence-corrected chi connectivity index (χ0v) is 13.3. The third kappa shape index (κ3) is 2.49. The Morgan fingerprint density at radius 3 is 1.94 bits per heavy atom. The second-order valence-corrected chi connectivity index (χ2v) is 11.3. The summed E-state index contributed by atoms with van der Waals surface area (Å²) in [5, 5.41) is 5.73. The summed E-state index contributed by atoms with van der Waals surface area (Å²) in [6, 6.07) is 12.6. The lowest BCUT2D eigenvalue weighted by Gasteiger charge is -2.45. The summed E-state index contributed by atoms with van der Waals surface area (Å²) in [6.07, 6.45) is 2.68. The van der Waals surface area contributed by atoms with Gasteiger partial charge in [0.05, 0.1) is 30.0 Å². The first-order chi connectivity index (χ1) is 8.35. The van der Waals surface area contributed by atoms with Crippen molar-refractivity contribution in [2.45, 2.75) is 51.9 Å². The lowest BCUT2D eigenvalue weighted by Crippen LogP contribution is -2.51. The van der Waals surface area contributed by atoms with Crippen molar-refractivity contribution in [2.75, 3.05) is 12.3 Å². The van der Waals surface area contributed by atoms with Crippen LogP contribution in [0.2, 0.25) is 0 Å². The van der Waals surface area contributed by atoms with E-state index < -0.39 is 7.26 Å². The summed E-state index contributed by atoms with van der Waals surface area (Å²) >= 11 is 0. The highest BCUT2D eigenvalue weighted by Crippen LogP contribution is 2.69. The van der Waals surface area contributed by atoms with Gasteiger partial charge in [-0.3, -0.25) is 0 Å². The Morgan fingerprint density at radius 1 is 1.00 bits per heavy atom. The summed E-state index contributed by atoms with van der Waals surface area (Å²) in [6.45, 7) is 12.0. The maximum Gasteiger partial charge on any atom is 0.0946 e. The smallest absolute Gasteiger partial charge is 0.0946 e. The van der Waals surface area contributed by atoms with Crippen LogP contribution in [0.1, 0.15) is 34.6 Å². The van der Waals surface area contributed by atoms with E-state index in [1.165, 1.54) is 12.3 Å². The van der Waals surface area contributed by atoms with Gasteiger partial charge < -0.3 is 5.32 Å². The molecule has 0 amide bonds. The first-order valence-electron chi connectivity index (χ1n) is 7.04. The van der Waals surface area contributed by atoms with E-state index in [1.807, 2.05) is 0 Å². The molecule has 0 aliphatic carbocycles. The number of nitrogens with one attached hydrogen (secondary N) is 1. The summed E-state index contributed by atoms with van der Waals surface area (Å²) in [4.78, 5) is 0. The summed E-state index contributed by atoms with van der Waals surface area (Å²) in [5.41, 5.74) is 0. The van der Waals surface area contributed by atoms with Crippen LogP contribution in [0.5, 0.6) is 0 Å². The number of hydrogen-bond donors (Lipinski definition) is 1. The monoisotopic (exact) mass is 264 g/mol. The Bertz CT molecular complexity index is 383. The maximum absolute atomic E-state index is 3.70. The van der Waals surface area contributed by atoms with Crippen LogP contribution < -0.4 is 10.6 Å². The molecular weight excluding hydrogens is 237 g/mol. The molecule has 1 heterocycles. The van der Waals surface area contributed by atoms with Crippen molar-refractivity contribution < 1.29 is 0 Å². The van der Waals surface area contributed by atoms with Crippen LogP contribution in [0.15, 0.2) is 30.3 Å². The highest BCUT2D eigenvalue weighted by molar-refractivity contribution is 7.84. The maximum atomic E-state index is 3.70. The standard InChI is InChI=1S/C16H27NP/c1-13-11-18(16(3,4)5,12-14(2)17-13)15-9-7-6-8-10-15/h6-10,13-14,17H,11-12H2,1-5H3/q+1/t13-,14-/m0/s1.